The maximum Gasteiger partial charge on any atom is 0.216 e. The van der Waals surface area contributed by atoms with E-state index in [1.165, 1.54) is 0 Å². The number of pyridine rings is 3. The largest absolute Gasteiger partial charge is 0.340 e. The zero-order valence-corrected chi connectivity index (χ0v) is 16.3. The van der Waals surface area contributed by atoms with Crippen LogP contribution in [-0.4, -0.2) is 27.6 Å². The Labute approximate surface area is 169 Å². The molecule has 0 N–H and O–H groups in total. The minimum atomic E-state index is -0.377. The molecule has 0 saturated carbocycles. The minimum absolute atomic E-state index is 0.110. The number of nitrogens with zero attached hydrogens (tertiary/aromatic N) is 3. The van der Waals surface area contributed by atoms with E-state index in [4.69, 9.17) is 0 Å². The molecule has 0 saturated heterocycles. The Hall–Kier alpha value is -3.54. The molecule has 0 unspecified atom stereocenters. The molecule has 4 rings (SSSR count). The molecule has 5 nitrogen and oxygen atoms in total. The third-order valence-electron chi connectivity index (χ3n) is 4.83. The Morgan fingerprint density at radius 3 is 2.66 bits per heavy atom. The van der Waals surface area contributed by atoms with E-state index in [1.54, 1.807) is 30.6 Å². The Balaban J connectivity index is 1.85. The first-order chi connectivity index (χ1) is 14.1. The smallest absolute Gasteiger partial charge is 0.216 e. The van der Waals surface area contributed by atoms with Gasteiger partial charge in [-0.15, -0.1) is 0 Å². The highest BCUT2D eigenvalue weighted by Crippen LogP contribution is 2.15. The van der Waals surface area contributed by atoms with Gasteiger partial charge in [0, 0.05) is 17.8 Å². The summed E-state index contributed by atoms with van der Waals surface area (Å²) in [6.45, 7) is 4.29. The number of rotatable bonds is 5. The van der Waals surface area contributed by atoms with Gasteiger partial charge in [-0.3, -0.25) is 19.6 Å². The van der Waals surface area contributed by atoms with E-state index in [9.17, 15) is 9.59 Å². The molecular formula is C23H19BN3O2. The van der Waals surface area contributed by atoms with Crippen molar-refractivity contribution in [2.75, 3.05) is 0 Å². The zero-order valence-electron chi connectivity index (χ0n) is 16.3. The van der Waals surface area contributed by atoms with Crippen molar-refractivity contribution >= 4 is 29.6 Å². The second kappa shape index (κ2) is 7.83. The lowest BCUT2D eigenvalue weighted by molar-refractivity contribution is 0.103. The van der Waals surface area contributed by atoms with E-state index >= 15 is 0 Å². The van der Waals surface area contributed by atoms with Crippen molar-refractivity contribution in [1.29, 1.82) is 0 Å². The Bertz CT molecular complexity index is 1260. The van der Waals surface area contributed by atoms with Crippen LogP contribution < -0.4 is 11.0 Å². The van der Waals surface area contributed by atoms with Crippen LogP contribution in [0.2, 0.25) is 6.82 Å². The molecule has 0 aliphatic rings. The summed E-state index contributed by atoms with van der Waals surface area (Å²) in [6, 6.07) is 16.6. The molecule has 6 heteroatoms. The first-order valence-electron chi connectivity index (χ1n) is 9.41. The summed E-state index contributed by atoms with van der Waals surface area (Å²) in [6.07, 6.45) is 3.25. The zero-order chi connectivity index (χ0) is 20.4. The highest BCUT2D eigenvalue weighted by Gasteiger charge is 2.18. The number of aryl methyl sites for hydroxylation is 1. The maximum absolute atomic E-state index is 13.0. The summed E-state index contributed by atoms with van der Waals surface area (Å²) in [5, 5.41) is 0.503. The van der Waals surface area contributed by atoms with Gasteiger partial charge in [-0.25, -0.2) is 0 Å². The third kappa shape index (κ3) is 3.74. The van der Waals surface area contributed by atoms with Gasteiger partial charge in [-0.1, -0.05) is 37.2 Å². The van der Waals surface area contributed by atoms with Crippen LogP contribution in [0.5, 0.6) is 0 Å². The molecule has 0 spiro atoms. The van der Waals surface area contributed by atoms with E-state index in [2.05, 4.69) is 9.97 Å². The van der Waals surface area contributed by atoms with Gasteiger partial charge in [0.05, 0.1) is 23.3 Å². The first-order valence-corrected chi connectivity index (χ1v) is 9.41. The second-order valence-electron chi connectivity index (χ2n) is 6.91. The standard InChI is InChI=1S/C23H19BN3O2/c1-15-10-11-19(25-12-15)23(29)18-14-27(13-16-6-5-9-21(24-2)26-16)20-8-4-3-7-17(20)22(18)28/h3-12,14H,13H2,1-2H3. The average Bonchev–Trinajstić information content (AvgIpc) is 2.76. The predicted molar refractivity (Wildman–Crippen MR) is 115 cm³/mol. The van der Waals surface area contributed by atoms with Crippen molar-refractivity contribution in [2.45, 2.75) is 20.3 Å². The summed E-state index contributed by atoms with van der Waals surface area (Å²) in [5.41, 5.74) is 3.53. The number of carbonyl (C=O) groups excluding carboxylic acids is 1. The van der Waals surface area contributed by atoms with Crippen molar-refractivity contribution < 1.29 is 4.79 Å². The van der Waals surface area contributed by atoms with Crippen LogP contribution in [0.25, 0.3) is 10.9 Å². The van der Waals surface area contributed by atoms with Gasteiger partial charge >= 0.3 is 0 Å². The summed E-state index contributed by atoms with van der Waals surface area (Å²) in [5.74, 6) is -0.377. The molecule has 0 amide bonds. The van der Waals surface area contributed by atoms with E-state index < -0.39 is 0 Å². The van der Waals surface area contributed by atoms with Gasteiger partial charge in [0.15, 0.2) is 7.28 Å². The lowest BCUT2D eigenvalue weighted by atomic mass is 9.77. The summed E-state index contributed by atoms with van der Waals surface area (Å²) < 4.78 is 1.90. The predicted octanol–water partition coefficient (Wildman–Crippen LogP) is 2.76. The van der Waals surface area contributed by atoms with E-state index in [0.29, 0.717) is 11.9 Å². The monoisotopic (exact) mass is 380 g/mol. The Kier molecular flexibility index (Phi) is 5.08. The fourth-order valence-corrected chi connectivity index (χ4v) is 3.30. The van der Waals surface area contributed by atoms with E-state index in [1.807, 2.05) is 62.0 Å². The van der Waals surface area contributed by atoms with Gasteiger partial charge in [0.1, 0.15) is 5.69 Å². The number of carbonyl (C=O) groups is 1. The number of ketones is 1. The molecule has 29 heavy (non-hydrogen) atoms. The minimum Gasteiger partial charge on any atom is -0.340 e. The van der Waals surface area contributed by atoms with Crippen molar-refractivity contribution in [3.8, 4) is 0 Å². The van der Waals surface area contributed by atoms with Crippen molar-refractivity contribution in [1.82, 2.24) is 14.5 Å². The Morgan fingerprint density at radius 1 is 1.07 bits per heavy atom. The molecule has 0 aliphatic carbocycles. The van der Waals surface area contributed by atoms with Crippen LogP contribution in [0.4, 0.5) is 0 Å². The van der Waals surface area contributed by atoms with E-state index in [-0.39, 0.29) is 22.5 Å². The van der Waals surface area contributed by atoms with Crippen molar-refractivity contribution in [2.24, 2.45) is 0 Å². The number of benzene rings is 1. The van der Waals surface area contributed by atoms with Gasteiger partial charge in [0.25, 0.3) is 0 Å². The van der Waals surface area contributed by atoms with Gasteiger partial charge in [0.2, 0.25) is 11.2 Å². The molecule has 0 bridgehead atoms. The molecule has 4 aromatic rings. The van der Waals surface area contributed by atoms with Gasteiger partial charge in [-0.05, 0) is 42.3 Å². The highest BCUT2D eigenvalue weighted by molar-refractivity contribution is 6.50. The normalized spacial score (nSPS) is 10.8. The van der Waals surface area contributed by atoms with Crippen molar-refractivity contribution in [3.05, 3.63) is 99.7 Å². The SMILES string of the molecule is C[B]c1cccc(Cn2cc(C(=O)c3ccc(C)cn3)c(=O)c3ccccc32)n1. The lowest BCUT2D eigenvalue weighted by Crippen LogP contribution is -2.22. The van der Waals surface area contributed by atoms with Crippen molar-refractivity contribution in [3.63, 3.8) is 0 Å². The Morgan fingerprint density at radius 2 is 1.90 bits per heavy atom. The van der Waals surface area contributed by atoms with Gasteiger partial charge < -0.3 is 4.57 Å². The lowest BCUT2D eigenvalue weighted by Gasteiger charge is -2.13. The van der Waals surface area contributed by atoms with Crippen LogP contribution in [0, 0.1) is 6.92 Å². The molecule has 141 valence electrons. The summed E-state index contributed by atoms with van der Waals surface area (Å²) in [7, 11) is 1.94. The molecule has 1 radical (unpaired) electrons. The van der Waals surface area contributed by atoms with Crippen LogP contribution in [-0.2, 0) is 6.54 Å². The fraction of sp³-hybridized carbons (Fsp3) is 0.130. The molecule has 0 fully saturated rings. The van der Waals surface area contributed by atoms with Crippen LogP contribution in [0.1, 0.15) is 27.3 Å². The van der Waals surface area contributed by atoms with Crippen LogP contribution in [0.3, 0.4) is 0 Å². The molecule has 3 heterocycles. The molecule has 0 aliphatic heterocycles. The number of para-hydroxylation sites is 1. The third-order valence-corrected chi connectivity index (χ3v) is 4.83. The number of hydrogen-bond donors (Lipinski definition) is 0. The summed E-state index contributed by atoms with van der Waals surface area (Å²) in [4.78, 5) is 34.9. The number of aromatic nitrogens is 3. The van der Waals surface area contributed by atoms with E-state index in [0.717, 1.165) is 22.4 Å². The molecule has 1 aromatic carbocycles. The number of hydrogen-bond acceptors (Lipinski definition) is 4. The molecule has 0 atom stereocenters. The maximum atomic E-state index is 13.0. The molecule has 3 aromatic heterocycles. The second-order valence-corrected chi connectivity index (χ2v) is 6.91. The average molecular weight is 380 g/mol. The van der Waals surface area contributed by atoms with Crippen LogP contribution >= 0.6 is 0 Å². The fourth-order valence-electron chi connectivity index (χ4n) is 3.30. The molecular weight excluding hydrogens is 361 g/mol. The highest BCUT2D eigenvalue weighted by atomic mass is 16.1. The van der Waals surface area contributed by atoms with Gasteiger partial charge in [-0.2, -0.15) is 0 Å². The first kappa shape index (κ1) is 18.8. The topological polar surface area (TPSA) is 64.8 Å². The summed E-state index contributed by atoms with van der Waals surface area (Å²) >= 11 is 0. The quantitative estimate of drug-likeness (QED) is 0.395. The number of fused-ring (bicyclic) bond motifs is 1. The van der Waals surface area contributed by atoms with Crippen LogP contribution in [0.15, 0.2) is 71.8 Å².